The zero-order valence-electron chi connectivity index (χ0n) is 21.1. The van der Waals surface area contributed by atoms with Crippen molar-refractivity contribution < 1.29 is 4.39 Å². The second-order valence-corrected chi connectivity index (χ2v) is 7.94. The lowest BCUT2D eigenvalue weighted by Crippen LogP contribution is -2.15. The molecular formula is C30H39FN2. The maximum atomic E-state index is 12.5. The van der Waals surface area contributed by atoms with Gasteiger partial charge in [-0.2, -0.15) is 5.26 Å². The highest BCUT2D eigenvalue weighted by molar-refractivity contribution is 5.70. The van der Waals surface area contributed by atoms with Gasteiger partial charge in [-0.25, -0.2) is 4.39 Å². The van der Waals surface area contributed by atoms with E-state index in [-0.39, 0.29) is 5.82 Å². The van der Waals surface area contributed by atoms with E-state index in [4.69, 9.17) is 5.26 Å². The number of nitriles is 1. The monoisotopic (exact) mass is 446 g/mol. The highest BCUT2D eigenvalue weighted by Crippen LogP contribution is 2.19. The summed E-state index contributed by atoms with van der Waals surface area (Å²) in [5, 5.41) is 12.1. The Kier molecular flexibility index (Phi) is 15.7. The van der Waals surface area contributed by atoms with Gasteiger partial charge in [0.15, 0.2) is 0 Å². The maximum Gasteiger partial charge on any atom is 0.123 e. The van der Waals surface area contributed by atoms with Gasteiger partial charge >= 0.3 is 0 Å². The molecule has 176 valence electrons. The molecule has 2 aromatic carbocycles. The lowest BCUT2D eigenvalue weighted by atomic mass is 10.0. The van der Waals surface area contributed by atoms with E-state index in [0.717, 1.165) is 40.7 Å². The van der Waals surface area contributed by atoms with Gasteiger partial charge in [-0.15, -0.1) is 0 Å². The van der Waals surface area contributed by atoms with E-state index in [9.17, 15) is 4.39 Å². The highest BCUT2D eigenvalue weighted by Gasteiger charge is 2.01. The Bertz CT molecular complexity index is 975. The van der Waals surface area contributed by atoms with Crippen LogP contribution in [0.4, 0.5) is 4.39 Å². The standard InChI is InChI=1S/C17H17N.C9H11F.C4H11N/c1-5-15(13(2)3)11-10-14(4)17-9-7-6-8-16(17)12-18;1-2-4-8-5-3-6-9(10)7-8;1-4(2)5-3/h5-11H,1-2H2,3-4H3;3,5-7H,2,4H2,1H3;4-5H,1-3H3/b14-10+,15-11+;;. The van der Waals surface area contributed by atoms with Crippen molar-refractivity contribution in [2.24, 2.45) is 0 Å². The molecule has 0 aliphatic rings. The summed E-state index contributed by atoms with van der Waals surface area (Å²) < 4.78 is 12.5. The third kappa shape index (κ3) is 13.0. The Morgan fingerprint density at radius 2 is 1.76 bits per heavy atom. The smallest absolute Gasteiger partial charge is 0.123 e. The quantitative estimate of drug-likeness (QED) is 0.437. The van der Waals surface area contributed by atoms with Crippen molar-refractivity contribution in [3.63, 3.8) is 0 Å². The normalized spacial score (nSPS) is 10.9. The molecule has 2 nitrogen and oxygen atoms in total. The van der Waals surface area contributed by atoms with Gasteiger partial charge in [0.25, 0.3) is 0 Å². The Hall–Kier alpha value is -3.22. The van der Waals surface area contributed by atoms with Crippen molar-refractivity contribution in [3.8, 4) is 6.07 Å². The van der Waals surface area contributed by atoms with Crippen LogP contribution in [0.1, 0.15) is 57.7 Å². The first kappa shape index (κ1) is 29.8. The van der Waals surface area contributed by atoms with Crippen LogP contribution in [0.3, 0.4) is 0 Å². The molecule has 0 fully saturated rings. The summed E-state index contributed by atoms with van der Waals surface area (Å²) in [4.78, 5) is 0. The molecule has 0 aliphatic carbocycles. The van der Waals surface area contributed by atoms with Crippen LogP contribution in [0.15, 0.2) is 91.1 Å². The SMILES string of the molecule is C=C/C(=C\C=C(/C)c1ccccc1C#N)C(=C)C.CCCc1cccc(F)c1.CNC(C)C. The summed E-state index contributed by atoms with van der Waals surface area (Å²) in [6.45, 7) is 17.9. The van der Waals surface area contributed by atoms with E-state index in [0.29, 0.717) is 11.6 Å². The molecule has 2 rings (SSSR count). The zero-order valence-corrected chi connectivity index (χ0v) is 21.1. The van der Waals surface area contributed by atoms with Crippen LogP contribution in [0.25, 0.3) is 5.57 Å². The molecule has 0 heterocycles. The fourth-order valence-electron chi connectivity index (χ4n) is 2.59. The van der Waals surface area contributed by atoms with E-state index in [2.05, 4.69) is 45.3 Å². The molecular weight excluding hydrogens is 407 g/mol. The summed E-state index contributed by atoms with van der Waals surface area (Å²) in [6.07, 6.45) is 7.78. The molecule has 0 radical (unpaired) electrons. The van der Waals surface area contributed by atoms with Gasteiger partial charge < -0.3 is 5.32 Å². The maximum absolute atomic E-state index is 12.5. The van der Waals surface area contributed by atoms with Crippen LogP contribution in [0.2, 0.25) is 0 Å². The molecule has 0 atom stereocenters. The first-order valence-electron chi connectivity index (χ1n) is 11.3. The van der Waals surface area contributed by atoms with Gasteiger partial charge in [-0.3, -0.25) is 0 Å². The van der Waals surface area contributed by atoms with E-state index < -0.39 is 0 Å². The third-order valence-electron chi connectivity index (χ3n) is 4.70. The fraction of sp³-hybridized carbons (Fsp3) is 0.300. The first-order valence-corrected chi connectivity index (χ1v) is 11.3. The minimum Gasteiger partial charge on any atom is -0.318 e. The van der Waals surface area contributed by atoms with E-state index in [1.54, 1.807) is 18.2 Å². The van der Waals surface area contributed by atoms with Crippen molar-refractivity contribution in [3.05, 3.63) is 114 Å². The molecule has 3 heteroatoms. The molecule has 1 N–H and O–H groups in total. The van der Waals surface area contributed by atoms with Gasteiger partial charge in [-0.05, 0) is 67.8 Å². The summed E-state index contributed by atoms with van der Waals surface area (Å²) in [5.41, 5.74) is 5.76. The van der Waals surface area contributed by atoms with Crippen LogP contribution in [-0.2, 0) is 6.42 Å². The summed E-state index contributed by atoms with van der Waals surface area (Å²) >= 11 is 0. The molecule has 0 aliphatic heterocycles. The molecule has 33 heavy (non-hydrogen) atoms. The van der Waals surface area contributed by atoms with Crippen LogP contribution >= 0.6 is 0 Å². The number of nitrogens with one attached hydrogen (secondary N) is 1. The molecule has 0 unspecified atom stereocenters. The second kappa shape index (κ2) is 17.3. The van der Waals surface area contributed by atoms with Gasteiger partial charge in [-0.1, -0.05) is 94.5 Å². The predicted octanol–water partition coefficient (Wildman–Crippen LogP) is 8.04. The molecule has 0 spiro atoms. The molecule has 0 bridgehead atoms. The molecule has 0 amide bonds. The minimum atomic E-state index is -0.133. The number of rotatable bonds is 7. The van der Waals surface area contributed by atoms with Crippen LogP contribution < -0.4 is 5.32 Å². The third-order valence-corrected chi connectivity index (χ3v) is 4.70. The molecule has 0 aromatic heterocycles. The second-order valence-electron chi connectivity index (χ2n) is 7.94. The van der Waals surface area contributed by atoms with Gasteiger partial charge in [0, 0.05) is 6.04 Å². The van der Waals surface area contributed by atoms with Gasteiger partial charge in [0.1, 0.15) is 5.82 Å². The number of allylic oxidation sites excluding steroid dienone is 6. The Morgan fingerprint density at radius 1 is 1.12 bits per heavy atom. The van der Waals surface area contributed by atoms with Crippen molar-refractivity contribution in [1.82, 2.24) is 5.32 Å². The average Bonchev–Trinajstić information content (AvgIpc) is 2.80. The van der Waals surface area contributed by atoms with Crippen molar-refractivity contribution in [2.75, 3.05) is 7.05 Å². The predicted molar refractivity (Wildman–Crippen MR) is 142 cm³/mol. The number of hydrogen-bond donors (Lipinski definition) is 1. The number of hydrogen-bond acceptors (Lipinski definition) is 2. The van der Waals surface area contributed by atoms with Crippen molar-refractivity contribution in [2.45, 2.75) is 53.5 Å². The number of benzene rings is 2. The summed E-state index contributed by atoms with van der Waals surface area (Å²) in [5.74, 6) is -0.133. The lowest BCUT2D eigenvalue weighted by Gasteiger charge is -2.03. The fourth-order valence-corrected chi connectivity index (χ4v) is 2.59. The average molecular weight is 447 g/mol. The van der Waals surface area contributed by atoms with Crippen LogP contribution in [-0.4, -0.2) is 13.1 Å². The summed E-state index contributed by atoms with van der Waals surface area (Å²) in [7, 11) is 1.95. The van der Waals surface area contributed by atoms with E-state index in [1.807, 2.05) is 63.4 Å². The zero-order chi connectivity index (χ0) is 25.2. The Morgan fingerprint density at radius 3 is 2.24 bits per heavy atom. The Balaban J connectivity index is 0.000000569. The molecule has 0 saturated carbocycles. The van der Waals surface area contributed by atoms with Crippen molar-refractivity contribution >= 4 is 5.57 Å². The first-order chi connectivity index (χ1) is 15.7. The topological polar surface area (TPSA) is 35.8 Å². The van der Waals surface area contributed by atoms with Crippen LogP contribution in [0.5, 0.6) is 0 Å². The van der Waals surface area contributed by atoms with Crippen LogP contribution in [0, 0.1) is 17.1 Å². The summed E-state index contributed by atoms with van der Waals surface area (Å²) in [6, 6.07) is 17.2. The van der Waals surface area contributed by atoms with Gasteiger partial charge in [0.05, 0.1) is 11.6 Å². The van der Waals surface area contributed by atoms with Gasteiger partial charge in [0.2, 0.25) is 0 Å². The molecule has 2 aromatic rings. The largest absolute Gasteiger partial charge is 0.318 e. The number of halogens is 1. The minimum absolute atomic E-state index is 0.133. The highest BCUT2D eigenvalue weighted by atomic mass is 19.1. The number of aryl methyl sites for hydroxylation is 1. The lowest BCUT2D eigenvalue weighted by molar-refractivity contribution is 0.625. The van der Waals surface area contributed by atoms with E-state index in [1.165, 1.54) is 6.07 Å². The Labute approximate surface area is 200 Å². The number of nitrogens with zero attached hydrogens (tertiary/aromatic N) is 1. The molecule has 0 saturated heterocycles. The van der Waals surface area contributed by atoms with Crippen molar-refractivity contribution in [1.29, 1.82) is 5.26 Å². The van der Waals surface area contributed by atoms with E-state index >= 15 is 0 Å².